The van der Waals surface area contributed by atoms with Crippen LogP contribution in [0, 0.1) is 18.2 Å². The fourth-order valence-electron chi connectivity index (χ4n) is 8.81. The molecular formula is C37H41F2N7O4. The second-order valence-electron chi connectivity index (χ2n) is 14.5. The lowest BCUT2D eigenvalue weighted by Crippen LogP contribution is -2.51. The van der Waals surface area contributed by atoms with E-state index in [-0.39, 0.29) is 29.9 Å². The Labute approximate surface area is 289 Å². The molecule has 50 heavy (non-hydrogen) atoms. The topological polar surface area (TPSA) is 99.0 Å². The quantitative estimate of drug-likeness (QED) is 0.170. The molecule has 5 aliphatic rings. The van der Waals surface area contributed by atoms with E-state index in [0.717, 1.165) is 75.9 Å². The first kappa shape index (κ1) is 31.7. The standard InChI is InChI=1S/C37H41F2N7O4/c1-3-28-29(39)11-8-22-14-27(49-21-47-2)15-30(31(22)28)50-36-42-33-32(46(36)26-6-4-7-26)34(44-18-24-9-10-25(19-44)40-24)43-35(41-33)48-20-37-12-5-13-45(37)17-23(38)16-37/h1,8,11,14-15,23-26,40H,4-7,9-10,12-13,16-21H2,2H3/t23-,24?,25?,37+/m1/s1. The number of halogens is 2. The molecule has 2 bridgehead atoms. The number of ether oxygens (including phenoxy) is 4. The summed E-state index contributed by atoms with van der Waals surface area (Å²) in [7, 11) is 1.54. The second-order valence-corrected chi connectivity index (χ2v) is 14.5. The number of alkyl halides is 1. The molecule has 0 spiro atoms. The van der Waals surface area contributed by atoms with Crippen LogP contribution >= 0.6 is 0 Å². The van der Waals surface area contributed by atoms with Gasteiger partial charge in [0.1, 0.15) is 35.6 Å². The molecule has 2 aromatic carbocycles. The number of nitrogens with zero attached hydrogens (tertiary/aromatic N) is 6. The monoisotopic (exact) mass is 685 g/mol. The predicted octanol–water partition coefficient (Wildman–Crippen LogP) is 5.50. The minimum absolute atomic E-state index is 0.0220. The van der Waals surface area contributed by atoms with Crippen LogP contribution in [0.15, 0.2) is 24.3 Å². The van der Waals surface area contributed by atoms with Crippen molar-refractivity contribution in [3.8, 4) is 35.9 Å². The van der Waals surface area contributed by atoms with E-state index in [1.165, 1.54) is 6.07 Å². The van der Waals surface area contributed by atoms with Gasteiger partial charge in [0, 0.05) is 62.7 Å². The Kier molecular flexibility index (Phi) is 7.93. The Morgan fingerprint density at radius 1 is 1.04 bits per heavy atom. The van der Waals surface area contributed by atoms with Crippen LogP contribution < -0.4 is 24.4 Å². The van der Waals surface area contributed by atoms with Crippen LogP contribution in [0.5, 0.6) is 23.5 Å². The maximum Gasteiger partial charge on any atom is 0.320 e. The van der Waals surface area contributed by atoms with Crippen molar-refractivity contribution in [2.45, 2.75) is 81.2 Å². The average molecular weight is 686 g/mol. The Balaban J connectivity index is 1.17. The van der Waals surface area contributed by atoms with Crippen molar-refractivity contribution in [2.24, 2.45) is 0 Å². The Hall–Kier alpha value is -4.25. The van der Waals surface area contributed by atoms with Gasteiger partial charge in [-0.1, -0.05) is 12.0 Å². The van der Waals surface area contributed by atoms with E-state index >= 15 is 4.39 Å². The molecule has 1 aliphatic carbocycles. The smallest absolute Gasteiger partial charge is 0.320 e. The normalized spacial score (nSPS) is 26.4. The van der Waals surface area contributed by atoms with E-state index < -0.39 is 12.0 Å². The van der Waals surface area contributed by atoms with Crippen molar-refractivity contribution in [1.82, 2.24) is 29.7 Å². The highest BCUT2D eigenvalue weighted by molar-refractivity contribution is 5.95. The highest BCUT2D eigenvalue weighted by Crippen LogP contribution is 2.45. The fourth-order valence-corrected chi connectivity index (χ4v) is 8.81. The predicted molar refractivity (Wildman–Crippen MR) is 183 cm³/mol. The minimum atomic E-state index is -0.856. The van der Waals surface area contributed by atoms with Gasteiger partial charge < -0.3 is 29.2 Å². The molecule has 0 radical (unpaired) electrons. The third kappa shape index (κ3) is 5.39. The van der Waals surface area contributed by atoms with E-state index in [2.05, 4.69) is 25.6 Å². The molecule has 6 heterocycles. The summed E-state index contributed by atoms with van der Waals surface area (Å²) < 4.78 is 55.9. The van der Waals surface area contributed by atoms with Gasteiger partial charge in [-0.25, -0.2) is 8.78 Å². The first-order valence-electron chi connectivity index (χ1n) is 17.8. The molecule has 0 amide bonds. The van der Waals surface area contributed by atoms with E-state index in [4.69, 9.17) is 40.3 Å². The number of methoxy groups -OCH3 is 1. The zero-order valence-corrected chi connectivity index (χ0v) is 28.2. The molecule has 1 saturated carbocycles. The van der Waals surface area contributed by atoms with Crippen molar-refractivity contribution in [3.63, 3.8) is 0 Å². The molecule has 9 rings (SSSR count). The third-order valence-corrected chi connectivity index (χ3v) is 11.4. The zero-order valence-electron chi connectivity index (χ0n) is 28.2. The molecule has 4 aliphatic heterocycles. The van der Waals surface area contributed by atoms with E-state index in [1.807, 2.05) is 0 Å². The Morgan fingerprint density at radius 3 is 2.64 bits per heavy atom. The summed E-state index contributed by atoms with van der Waals surface area (Å²) >= 11 is 0. The van der Waals surface area contributed by atoms with Crippen molar-refractivity contribution < 1.29 is 27.7 Å². The van der Waals surface area contributed by atoms with Gasteiger partial charge in [-0.3, -0.25) is 9.47 Å². The minimum Gasteiger partial charge on any atom is -0.467 e. The van der Waals surface area contributed by atoms with Crippen LogP contribution in [-0.2, 0) is 4.74 Å². The largest absolute Gasteiger partial charge is 0.467 e. The highest BCUT2D eigenvalue weighted by Gasteiger charge is 2.49. The van der Waals surface area contributed by atoms with Crippen LogP contribution in [-0.4, -0.2) is 94.9 Å². The summed E-state index contributed by atoms with van der Waals surface area (Å²) in [4.78, 5) is 19.5. The van der Waals surface area contributed by atoms with Crippen molar-refractivity contribution in [1.29, 1.82) is 0 Å². The molecule has 2 aromatic heterocycles. The maximum atomic E-state index is 15.1. The SMILES string of the molecule is C#Cc1c(F)ccc2cc(OCOC)cc(Oc3nc4nc(OC[C@@]56CCCN5C[C@H](F)C6)nc(N5CC6CCC(C5)N6)c4n3C3CCC3)c12. The average Bonchev–Trinajstić information content (AvgIpc) is 3.82. The number of benzene rings is 2. The number of terminal acetylenes is 1. The zero-order chi connectivity index (χ0) is 34.0. The molecule has 5 fully saturated rings. The summed E-state index contributed by atoms with van der Waals surface area (Å²) in [6.07, 6.45) is 12.5. The molecular weight excluding hydrogens is 644 g/mol. The summed E-state index contributed by atoms with van der Waals surface area (Å²) in [5.41, 5.74) is 0.986. The summed E-state index contributed by atoms with van der Waals surface area (Å²) in [6, 6.07) is 7.84. The van der Waals surface area contributed by atoms with Gasteiger partial charge in [0.2, 0.25) is 0 Å². The van der Waals surface area contributed by atoms with Gasteiger partial charge >= 0.3 is 12.0 Å². The van der Waals surface area contributed by atoms with Crippen molar-refractivity contribution in [2.75, 3.05) is 51.6 Å². The van der Waals surface area contributed by atoms with Crippen LogP contribution in [0.2, 0.25) is 0 Å². The Morgan fingerprint density at radius 2 is 1.88 bits per heavy atom. The first-order chi connectivity index (χ1) is 24.4. The number of rotatable bonds is 10. The Bertz CT molecular complexity index is 1980. The third-order valence-electron chi connectivity index (χ3n) is 11.4. The molecule has 4 saturated heterocycles. The lowest BCUT2D eigenvalue weighted by atomic mass is 9.93. The molecule has 262 valence electrons. The highest BCUT2D eigenvalue weighted by atomic mass is 19.1. The lowest BCUT2D eigenvalue weighted by molar-refractivity contribution is 0.0511. The number of piperazine rings is 1. The number of hydrogen-bond donors (Lipinski definition) is 1. The number of nitrogens with one attached hydrogen (secondary N) is 1. The summed E-state index contributed by atoms with van der Waals surface area (Å²) in [5, 5.41) is 4.82. The molecule has 11 nitrogen and oxygen atoms in total. The molecule has 2 unspecified atom stereocenters. The van der Waals surface area contributed by atoms with Gasteiger partial charge in [0.25, 0.3) is 0 Å². The van der Waals surface area contributed by atoms with Crippen LogP contribution in [0.3, 0.4) is 0 Å². The maximum absolute atomic E-state index is 15.1. The number of aromatic nitrogens is 4. The number of anilines is 1. The summed E-state index contributed by atoms with van der Waals surface area (Å²) in [5.74, 6) is 3.54. The van der Waals surface area contributed by atoms with Gasteiger partial charge in [-0.05, 0) is 69.0 Å². The lowest BCUT2D eigenvalue weighted by Gasteiger charge is -2.35. The van der Waals surface area contributed by atoms with Crippen LogP contribution in [0.25, 0.3) is 21.9 Å². The number of fused-ring (bicyclic) bond motifs is 5. The second kappa shape index (κ2) is 12.5. The van der Waals surface area contributed by atoms with Crippen molar-refractivity contribution >= 4 is 27.8 Å². The van der Waals surface area contributed by atoms with Gasteiger partial charge in [0.05, 0.1) is 11.1 Å². The van der Waals surface area contributed by atoms with Crippen LogP contribution in [0.1, 0.15) is 63.0 Å². The van der Waals surface area contributed by atoms with E-state index in [9.17, 15) is 4.39 Å². The number of hydrogen-bond acceptors (Lipinski definition) is 10. The number of imidazole rings is 1. The van der Waals surface area contributed by atoms with Gasteiger partial charge in [-0.15, -0.1) is 6.42 Å². The van der Waals surface area contributed by atoms with Gasteiger partial charge in [0.15, 0.2) is 18.3 Å². The fraction of sp³-hybridized carbons (Fsp3) is 0.541. The molecule has 4 aromatic rings. The van der Waals surface area contributed by atoms with Crippen LogP contribution in [0.4, 0.5) is 14.6 Å². The summed E-state index contributed by atoms with van der Waals surface area (Å²) in [6.45, 7) is 3.25. The molecule has 1 N–H and O–H groups in total. The van der Waals surface area contributed by atoms with E-state index in [1.54, 1.807) is 25.3 Å². The first-order valence-corrected chi connectivity index (χ1v) is 17.8. The molecule has 4 atom stereocenters. The van der Waals surface area contributed by atoms with Crippen molar-refractivity contribution in [3.05, 3.63) is 35.6 Å². The van der Waals surface area contributed by atoms with E-state index in [0.29, 0.717) is 65.6 Å². The van der Waals surface area contributed by atoms with Gasteiger partial charge in [-0.2, -0.15) is 15.0 Å². The molecule has 13 heteroatoms.